The summed E-state index contributed by atoms with van der Waals surface area (Å²) in [6.45, 7) is 5.70. The highest BCUT2D eigenvalue weighted by molar-refractivity contribution is 5.79. The Labute approximate surface area is 108 Å². The lowest BCUT2D eigenvalue weighted by atomic mass is 9.95. The molecule has 1 heterocycles. The van der Waals surface area contributed by atoms with Crippen molar-refractivity contribution in [1.29, 1.82) is 0 Å². The van der Waals surface area contributed by atoms with Crippen LogP contribution in [0.5, 0.6) is 0 Å². The minimum absolute atomic E-state index is 0.105. The Morgan fingerprint density at radius 3 is 2.67 bits per heavy atom. The third-order valence-electron chi connectivity index (χ3n) is 3.57. The van der Waals surface area contributed by atoms with Crippen molar-refractivity contribution in [2.45, 2.75) is 32.7 Å². The summed E-state index contributed by atoms with van der Waals surface area (Å²) in [7, 11) is 0. The quantitative estimate of drug-likeness (QED) is 0.653. The highest BCUT2D eigenvalue weighted by Crippen LogP contribution is 2.18. The molecule has 1 aliphatic rings. The van der Waals surface area contributed by atoms with Crippen molar-refractivity contribution in [3.05, 3.63) is 0 Å². The van der Waals surface area contributed by atoms with Gasteiger partial charge in [-0.15, -0.1) is 0 Å². The van der Waals surface area contributed by atoms with E-state index >= 15 is 0 Å². The van der Waals surface area contributed by atoms with Crippen molar-refractivity contribution in [1.82, 2.24) is 10.2 Å². The molecular weight excluding hydrogens is 232 g/mol. The van der Waals surface area contributed by atoms with Gasteiger partial charge in [0.25, 0.3) is 0 Å². The maximum atomic E-state index is 12.2. The molecule has 0 saturated carbocycles. The molecule has 1 aliphatic heterocycles. The van der Waals surface area contributed by atoms with Crippen LogP contribution < -0.4 is 16.8 Å². The maximum absolute atomic E-state index is 12.2. The molecule has 0 spiro atoms. The highest BCUT2D eigenvalue weighted by atomic mass is 16.2. The normalized spacial score (nSPS) is 23.3. The first-order valence-electron chi connectivity index (χ1n) is 6.49. The van der Waals surface area contributed by atoms with Crippen LogP contribution >= 0.6 is 0 Å². The van der Waals surface area contributed by atoms with Crippen molar-refractivity contribution in [3.8, 4) is 0 Å². The lowest BCUT2D eigenvalue weighted by molar-refractivity contribution is -0.137. The third-order valence-corrected chi connectivity index (χ3v) is 3.57. The van der Waals surface area contributed by atoms with E-state index in [1.165, 1.54) is 0 Å². The molecule has 6 heteroatoms. The molecule has 3 unspecified atom stereocenters. The Morgan fingerprint density at radius 2 is 2.11 bits per heavy atom. The molecule has 0 aliphatic carbocycles. The molecule has 5 N–H and O–H groups in total. The number of likely N-dealkylation sites (tertiary alicyclic amines) is 1. The summed E-state index contributed by atoms with van der Waals surface area (Å²) in [5, 5.41) is 2.60. The van der Waals surface area contributed by atoms with Crippen LogP contribution in [0.2, 0.25) is 0 Å². The second-order valence-electron chi connectivity index (χ2n) is 5.19. The number of rotatable bonds is 4. The molecule has 1 fully saturated rings. The number of carbonyl (C=O) groups is 2. The fraction of sp³-hybridized carbons (Fsp3) is 0.833. The van der Waals surface area contributed by atoms with Gasteiger partial charge in [-0.05, 0) is 25.7 Å². The van der Waals surface area contributed by atoms with Gasteiger partial charge in [0.1, 0.15) is 0 Å². The summed E-state index contributed by atoms with van der Waals surface area (Å²) in [4.78, 5) is 24.7. The van der Waals surface area contributed by atoms with Crippen molar-refractivity contribution in [2.24, 2.45) is 23.3 Å². The van der Waals surface area contributed by atoms with Gasteiger partial charge >= 0.3 is 6.03 Å². The van der Waals surface area contributed by atoms with E-state index in [1.54, 1.807) is 0 Å². The van der Waals surface area contributed by atoms with Gasteiger partial charge in [0.2, 0.25) is 5.91 Å². The van der Waals surface area contributed by atoms with Crippen molar-refractivity contribution < 1.29 is 9.59 Å². The molecule has 3 atom stereocenters. The number of urea groups is 1. The number of nitrogens with one attached hydrogen (secondary N) is 1. The topological polar surface area (TPSA) is 101 Å². The number of primary amides is 1. The van der Waals surface area contributed by atoms with Crippen LogP contribution in [0.25, 0.3) is 0 Å². The summed E-state index contributed by atoms with van der Waals surface area (Å²) in [6.07, 6.45) is 1.97. The monoisotopic (exact) mass is 256 g/mol. The summed E-state index contributed by atoms with van der Waals surface area (Å²) >= 11 is 0. The van der Waals surface area contributed by atoms with Gasteiger partial charge < -0.3 is 21.7 Å². The van der Waals surface area contributed by atoms with E-state index in [0.29, 0.717) is 13.1 Å². The largest absolute Gasteiger partial charge is 0.352 e. The Kier molecular flexibility index (Phi) is 5.40. The van der Waals surface area contributed by atoms with E-state index in [2.05, 4.69) is 5.32 Å². The van der Waals surface area contributed by atoms with Crippen LogP contribution in [0.4, 0.5) is 4.79 Å². The van der Waals surface area contributed by atoms with Gasteiger partial charge in [-0.1, -0.05) is 6.92 Å². The number of nitrogens with zero attached hydrogens (tertiary/aromatic N) is 1. The fourth-order valence-electron chi connectivity index (χ4n) is 2.19. The van der Waals surface area contributed by atoms with E-state index in [1.807, 2.05) is 18.7 Å². The Balaban J connectivity index is 2.47. The lowest BCUT2D eigenvalue weighted by Gasteiger charge is -2.35. The number of piperidine rings is 1. The van der Waals surface area contributed by atoms with Crippen LogP contribution in [-0.2, 0) is 4.79 Å². The number of hydrogen-bond acceptors (Lipinski definition) is 3. The number of amides is 3. The molecule has 0 aromatic carbocycles. The van der Waals surface area contributed by atoms with Crippen LogP contribution in [0.1, 0.15) is 26.7 Å². The van der Waals surface area contributed by atoms with Crippen molar-refractivity contribution >= 4 is 11.9 Å². The molecule has 0 radical (unpaired) electrons. The van der Waals surface area contributed by atoms with Crippen molar-refractivity contribution in [2.75, 3.05) is 19.6 Å². The summed E-state index contributed by atoms with van der Waals surface area (Å²) in [5.41, 5.74) is 10.8. The zero-order valence-electron chi connectivity index (χ0n) is 11.2. The maximum Gasteiger partial charge on any atom is 0.312 e. The van der Waals surface area contributed by atoms with E-state index in [4.69, 9.17) is 11.5 Å². The van der Waals surface area contributed by atoms with Gasteiger partial charge in [-0.3, -0.25) is 4.79 Å². The predicted octanol–water partition coefficient (Wildman–Crippen LogP) is -0.123. The zero-order valence-corrected chi connectivity index (χ0v) is 11.2. The molecular formula is C12H24N4O2. The number of nitrogens with two attached hydrogens (primary N) is 2. The predicted molar refractivity (Wildman–Crippen MR) is 69.7 cm³/mol. The third kappa shape index (κ3) is 4.18. The lowest BCUT2D eigenvalue weighted by Crippen LogP contribution is -2.48. The Hall–Kier alpha value is -1.30. The van der Waals surface area contributed by atoms with Crippen molar-refractivity contribution in [3.63, 3.8) is 0 Å². The minimum atomic E-state index is -0.512. The molecule has 1 saturated heterocycles. The summed E-state index contributed by atoms with van der Waals surface area (Å²) in [6, 6.07) is -0.649. The average Bonchev–Trinajstić information content (AvgIpc) is 2.34. The second kappa shape index (κ2) is 6.58. The smallest absolute Gasteiger partial charge is 0.312 e. The summed E-state index contributed by atoms with van der Waals surface area (Å²) in [5.74, 6) is 0.233. The van der Waals surface area contributed by atoms with Crippen LogP contribution in [-0.4, -0.2) is 42.5 Å². The highest BCUT2D eigenvalue weighted by Gasteiger charge is 2.28. The average molecular weight is 256 g/mol. The summed E-state index contributed by atoms with van der Waals surface area (Å²) < 4.78 is 0. The minimum Gasteiger partial charge on any atom is -0.352 e. The Bertz CT molecular complexity index is 306. The molecule has 0 aromatic rings. The Morgan fingerprint density at radius 1 is 1.44 bits per heavy atom. The van der Waals surface area contributed by atoms with Gasteiger partial charge in [0, 0.05) is 25.7 Å². The van der Waals surface area contributed by atoms with Gasteiger partial charge in [-0.2, -0.15) is 0 Å². The van der Waals surface area contributed by atoms with Crippen LogP contribution in [0.3, 0.4) is 0 Å². The second-order valence-corrected chi connectivity index (χ2v) is 5.19. The first-order chi connectivity index (χ1) is 8.41. The SMILES string of the molecule is CC(N)C(C)C(=O)N1CCCC(CNC(N)=O)C1. The van der Waals surface area contributed by atoms with E-state index in [9.17, 15) is 9.59 Å². The molecule has 1 rings (SSSR count). The molecule has 3 amide bonds. The first kappa shape index (κ1) is 14.8. The standard InChI is InChI=1S/C12H24N4O2/c1-8(9(2)13)11(17)16-5-3-4-10(7-16)6-15-12(14)18/h8-10H,3-7,13H2,1-2H3,(H3,14,15,18). The zero-order chi connectivity index (χ0) is 13.7. The molecule has 0 bridgehead atoms. The number of hydrogen-bond donors (Lipinski definition) is 3. The van der Waals surface area contributed by atoms with Crippen LogP contribution in [0.15, 0.2) is 0 Å². The molecule has 18 heavy (non-hydrogen) atoms. The molecule has 0 aromatic heterocycles. The molecule has 104 valence electrons. The van der Waals surface area contributed by atoms with Gasteiger partial charge in [0.15, 0.2) is 0 Å². The van der Waals surface area contributed by atoms with E-state index < -0.39 is 6.03 Å². The van der Waals surface area contributed by atoms with E-state index in [-0.39, 0.29) is 23.8 Å². The van der Waals surface area contributed by atoms with E-state index in [0.717, 1.165) is 19.4 Å². The van der Waals surface area contributed by atoms with Crippen LogP contribution in [0, 0.1) is 11.8 Å². The number of carbonyl (C=O) groups excluding carboxylic acids is 2. The first-order valence-corrected chi connectivity index (χ1v) is 6.49. The van der Waals surface area contributed by atoms with Gasteiger partial charge in [0.05, 0.1) is 5.92 Å². The molecule has 6 nitrogen and oxygen atoms in total. The van der Waals surface area contributed by atoms with Gasteiger partial charge in [-0.25, -0.2) is 4.79 Å². The fourth-order valence-corrected chi connectivity index (χ4v) is 2.19.